The maximum Gasteiger partial charge on any atom is 0.257 e. The Morgan fingerprint density at radius 1 is 0.958 bits per heavy atom. The van der Waals surface area contributed by atoms with Gasteiger partial charge in [-0.2, -0.15) is 0 Å². The second kappa shape index (κ2) is 7.51. The molecule has 0 saturated carbocycles. The largest absolute Gasteiger partial charge is 0.507 e. The molecule has 2 heterocycles. The molecule has 2 aliphatic heterocycles. The van der Waals surface area contributed by atoms with Crippen LogP contribution < -0.4 is 0 Å². The summed E-state index contributed by atoms with van der Waals surface area (Å²) < 4.78 is 0. The Labute approximate surface area is 144 Å². The molecule has 132 valence electrons. The second-order valence-electron chi connectivity index (χ2n) is 6.99. The lowest BCUT2D eigenvalue weighted by Gasteiger charge is -2.33. The van der Waals surface area contributed by atoms with E-state index in [-0.39, 0.29) is 11.7 Å². The van der Waals surface area contributed by atoms with Crippen LogP contribution in [0.25, 0.3) is 0 Å². The van der Waals surface area contributed by atoms with Crippen LogP contribution in [0.15, 0.2) is 18.2 Å². The first kappa shape index (κ1) is 17.2. The van der Waals surface area contributed by atoms with E-state index in [1.807, 2.05) is 17.0 Å². The van der Waals surface area contributed by atoms with Gasteiger partial charge in [0.25, 0.3) is 5.91 Å². The third kappa shape index (κ3) is 3.88. The fraction of sp³-hybridized carbons (Fsp3) is 0.611. The number of nitrogens with zero attached hydrogens (tertiary/aromatic N) is 4. The Balaban J connectivity index is 1.69. The Bertz CT molecular complexity index is 576. The fourth-order valence-electron chi connectivity index (χ4n) is 3.32. The van der Waals surface area contributed by atoms with Crippen LogP contribution in [0.3, 0.4) is 0 Å². The second-order valence-corrected chi connectivity index (χ2v) is 6.99. The van der Waals surface area contributed by atoms with Gasteiger partial charge in [0.05, 0.1) is 5.56 Å². The third-order valence-corrected chi connectivity index (χ3v) is 5.13. The Kier molecular flexibility index (Phi) is 5.38. The molecule has 1 amide bonds. The van der Waals surface area contributed by atoms with Gasteiger partial charge >= 0.3 is 0 Å². The van der Waals surface area contributed by atoms with Gasteiger partial charge < -0.3 is 19.8 Å². The zero-order valence-electron chi connectivity index (χ0n) is 14.7. The van der Waals surface area contributed by atoms with E-state index >= 15 is 0 Å². The number of rotatable bonds is 3. The summed E-state index contributed by atoms with van der Waals surface area (Å²) in [6, 6.07) is 5.55. The van der Waals surface area contributed by atoms with Crippen LogP contribution in [-0.4, -0.2) is 97.1 Å². The maximum atomic E-state index is 12.7. The molecule has 1 aromatic carbocycles. The molecule has 0 bridgehead atoms. The molecule has 6 nitrogen and oxygen atoms in total. The van der Waals surface area contributed by atoms with Crippen molar-refractivity contribution in [2.45, 2.75) is 6.54 Å². The third-order valence-electron chi connectivity index (χ3n) is 5.13. The summed E-state index contributed by atoms with van der Waals surface area (Å²) in [6.07, 6.45) is 0. The number of carbonyl (C=O) groups excluding carboxylic acids is 1. The van der Waals surface area contributed by atoms with Gasteiger partial charge in [-0.05, 0) is 20.2 Å². The average Bonchev–Trinajstić information content (AvgIpc) is 2.59. The number of hydrogen-bond donors (Lipinski definition) is 1. The maximum absolute atomic E-state index is 12.7. The van der Waals surface area contributed by atoms with Crippen molar-refractivity contribution in [1.29, 1.82) is 0 Å². The van der Waals surface area contributed by atoms with Gasteiger partial charge in [0.2, 0.25) is 0 Å². The molecule has 1 N–H and O–H groups in total. The lowest BCUT2D eigenvalue weighted by molar-refractivity contribution is 0.0660. The Morgan fingerprint density at radius 2 is 1.54 bits per heavy atom. The molecule has 0 unspecified atom stereocenters. The number of benzene rings is 1. The minimum absolute atomic E-state index is 0.0548. The highest BCUT2D eigenvalue weighted by Crippen LogP contribution is 2.26. The van der Waals surface area contributed by atoms with E-state index in [1.54, 1.807) is 6.07 Å². The summed E-state index contributed by atoms with van der Waals surface area (Å²) in [5.74, 6) is 0.0983. The zero-order chi connectivity index (χ0) is 17.1. The Morgan fingerprint density at radius 3 is 2.17 bits per heavy atom. The van der Waals surface area contributed by atoms with Crippen LogP contribution in [0.4, 0.5) is 0 Å². The van der Waals surface area contributed by atoms with Crippen LogP contribution in [-0.2, 0) is 6.54 Å². The average molecular weight is 332 g/mol. The highest BCUT2D eigenvalue weighted by atomic mass is 16.3. The van der Waals surface area contributed by atoms with E-state index in [2.05, 4.69) is 28.8 Å². The van der Waals surface area contributed by atoms with Crippen LogP contribution in [0, 0.1) is 0 Å². The number of likely N-dealkylation sites (N-methyl/N-ethyl adjacent to an activating group) is 2. The molecule has 6 heteroatoms. The number of carbonyl (C=O) groups is 1. The number of piperazine rings is 2. The monoisotopic (exact) mass is 332 g/mol. The number of phenolic OH excluding ortho intramolecular Hbond substituents is 1. The van der Waals surface area contributed by atoms with E-state index in [0.29, 0.717) is 12.1 Å². The van der Waals surface area contributed by atoms with Crippen molar-refractivity contribution in [2.75, 3.05) is 66.5 Å². The lowest BCUT2D eigenvalue weighted by Crippen LogP contribution is -2.47. The molecular formula is C18H28N4O2. The number of para-hydroxylation sites is 1. The minimum Gasteiger partial charge on any atom is -0.507 e. The number of amides is 1. The molecule has 0 atom stereocenters. The molecule has 0 spiro atoms. The van der Waals surface area contributed by atoms with Crippen LogP contribution >= 0.6 is 0 Å². The molecule has 0 aromatic heterocycles. The highest BCUT2D eigenvalue weighted by molar-refractivity contribution is 5.97. The first-order valence-electron chi connectivity index (χ1n) is 8.74. The minimum atomic E-state index is -0.0548. The highest BCUT2D eigenvalue weighted by Gasteiger charge is 2.24. The van der Waals surface area contributed by atoms with E-state index in [4.69, 9.17) is 0 Å². The van der Waals surface area contributed by atoms with Crippen molar-refractivity contribution in [2.24, 2.45) is 0 Å². The molecule has 0 radical (unpaired) electrons. The normalized spacial score (nSPS) is 21.2. The van der Waals surface area contributed by atoms with Crippen molar-refractivity contribution in [3.8, 4) is 5.75 Å². The first-order valence-corrected chi connectivity index (χ1v) is 8.74. The number of aromatic hydroxyl groups is 1. The van der Waals surface area contributed by atoms with E-state index < -0.39 is 0 Å². The molecule has 2 fully saturated rings. The van der Waals surface area contributed by atoms with Crippen LogP contribution in [0.1, 0.15) is 15.9 Å². The molecular weight excluding hydrogens is 304 g/mol. The van der Waals surface area contributed by atoms with Gasteiger partial charge in [0.1, 0.15) is 5.75 Å². The molecule has 2 saturated heterocycles. The summed E-state index contributed by atoms with van der Waals surface area (Å²) in [5, 5.41) is 10.6. The van der Waals surface area contributed by atoms with Gasteiger partial charge in [-0.3, -0.25) is 9.69 Å². The Hall–Kier alpha value is -1.63. The lowest BCUT2D eigenvalue weighted by atomic mass is 10.1. The van der Waals surface area contributed by atoms with Crippen molar-refractivity contribution in [1.82, 2.24) is 19.6 Å². The predicted molar refractivity (Wildman–Crippen MR) is 94.3 cm³/mol. The molecule has 0 aliphatic carbocycles. The first-order chi connectivity index (χ1) is 11.5. The van der Waals surface area contributed by atoms with E-state index in [0.717, 1.165) is 57.9 Å². The van der Waals surface area contributed by atoms with Crippen LogP contribution in [0.5, 0.6) is 5.75 Å². The summed E-state index contributed by atoms with van der Waals surface area (Å²) in [4.78, 5) is 21.4. The number of hydrogen-bond acceptors (Lipinski definition) is 5. The quantitative estimate of drug-likeness (QED) is 0.875. The topological polar surface area (TPSA) is 50.3 Å². The van der Waals surface area contributed by atoms with Gasteiger partial charge in [-0.15, -0.1) is 0 Å². The number of phenols is 1. The smallest absolute Gasteiger partial charge is 0.257 e. The molecule has 1 aromatic rings. The van der Waals surface area contributed by atoms with Gasteiger partial charge in [0, 0.05) is 64.5 Å². The van der Waals surface area contributed by atoms with Gasteiger partial charge in [0.15, 0.2) is 0 Å². The fourth-order valence-corrected chi connectivity index (χ4v) is 3.32. The summed E-state index contributed by atoms with van der Waals surface area (Å²) >= 11 is 0. The molecule has 2 aliphatic rings. The van der Waals surface area contributed by atoms with Crippen LogP contribution in [0.2, 0.25) is 0 Å². The molecule has 24 heavy (non-hydrogen) atoms. The van der Waals surface area contributed by atoms with Crippen molar-refractivity contribution < 1.29 is 9.90 Å². The van der Waals surface area contributed by atoms with Gasteiger partial charge in [-0.25, -0.2) is 0 Å². The standard InChI is InChI=1S/C18H28N4O2/c1-19-6-10-21(11-7-19)14-15-4-3-5-16(17(15)23)18(24)22-12-8-20(2)9-13-22/h3-5,23H,6-14H2,1-2H3. The summed E-state index contributed by atoms with van der Waals surface area (Å²) in [6.45, 7) is 7.97. The van der Waals surface area contributed by atoms with Crippen molar-refractivity contribution >= 4 is 5.91 Å². The molecule has 3 rings (SSSR count). The predicted octanol–water partition coefficient (Wildman–Crippen LogP) is 0.527. The van der Waals surface area contributed by atoms with Gasteiger partial charge in [-0.1, -0.05) is 12.1 Å². The SMILES string of the molecule is CN1CCN(Cc2cccc(C(=O)N3CCN(C)CC3)c2O)CC1. The van der Waals surface area contributed by atoms with E-state index in [1.165, 1.54) is 0 Å². The summed E-state index contributed by atoms with van der Waals surface area (Å²) in [5.41, 5.74) is 1.28. The summed E-state index contributed by atoms with van der Waals surface area (Å²) in [7, 11) is 4.19. The zero-order valence-corrected chi connectivity index (χ0v) is 14.7. The van der Waals surface area contributed by atoms with Crippen molar-refractivity contribution in [3.63, 3.8) is 0 Å². The van der Waals surface area contributed by atoms with E-state index in [9.17, 15) is 9.90 Å². The van der Waals surface area contributed by atoms with Crippen molar-refractivity contribution in [3.05, 3.63) is 29.3 Å².